The molecule has 0 saturated carbocycles. The van der Waals surface area contributed by atoms with E-state index in [1.54, 1.807) is 26.8 Å². The molecule has 0 unspecified atom stereocenters. The number of rotatable bonds is 2. The van der Waals surface area contributed by atoms with Crippen LogP contribution in [0.15, 0.2) is 16.6 Å². The number of sulfone groups is 1. The van der Waals surface area contributed by atoms with Gasteiger partial charge in [0.2, 0.25) is 0 Å². The van der Waals surface area contributed by atoms with Crippen molar-refractivity contribution in [3.8, 4) is 0 Å². The number of hydrogen-bond acceptors (Lipinski definition) is 5. The summed E-state index contributed by atoms with van der Waals surface area (Å²) in [5, 5.41) is 11.0. The molecule has 122 valence electrons. The minimum absolute atomic E-state index is 0.0541. The van der Waals surface area contributed by atoms with Crippen LogP contribution in [0.4, 0.5) is 11.4 Å². The average molecular weight is 391 g/mol. The van der Waals surface area contributed by atoms with Gasteiger partial charge in [-0.1, -0.05) is 0 Å². The van der Waals surface area contributed by atoms with E-state index in [2.05, 4.69) is 15.9 Å². The molecule has 0 spiro atoms. The van der Waals surface area contributed by atoms with Gasteiger partial charge in [-0.3, -0.25) is 10.1 Å². The van der Waals surface area contributed by atoms with Crippen molar-refractivity contribution >= 4 is 37.1 Å². The van der Waals surface area contributed by atoms with E-state index in [1.165, 1.54) is 6.07 Å². The Balaban J connectivity index is 2.38. The van der Waals surface area contributed by atoms with Gasteiger partial charge in [-0.25, -0.2) is 8.42 Å². The monoisotopic (exact) mass is 390 g/mol. The van der Waals surface area contributed by atoms with E-state index < -0.39 is 19.5 Å². The first-order valence-corrected chi connectivity index (χ1v) is 9.41. The molecule has 0 atom stereocenters. The summed E-state index contributed by atoms with van der Waals surface area (Å²) in [7, 11) is -3.15. The van der Waals surface area contributed by atoms with Crippen molar-refractivity contribution in [2.75, 3.05) is 23.7 Å². The minimum atomic E-state index is -3.15. The van der Waals surface area contributed by atoms with Crippen molar-refractivity contribution in [1.82, 2.24) is 0 Å². The van der Waals surface area contributed by atoms with Gasteiger partial charge >= 0.3 is 0 Å². The Kier molecular flexibility index (Phi) is 4.54. The number of aryl methyl sites for hydroxylation is 1. The summed E-state index contributed by atoms with van der Waals surface area (Å²) in [6, 6.07) is 3.22. The molecule has 1 saturated heterocycles. The quantitative estimate of drug-likeness (QED) is 0.572. The van der Waals surface area contributed by atoms with Crippen molar-refractivity contribution in [2.45, 2.75) is 31.9 Å². The molecule has 6 nitrogen and oxygen atoms in total. The predicted octanol–water partition coefficient (Wildman–Crippen LogP) is 3.07. The maximum Gasteiger partial charge on any atom is 0.273 e. The van der Waals surface area contributed by atoms with Gasteiger partial charge in [-0.2, -0.15) is 0 Å². The van der Waals surface area contributed by atoms with E-state index in [0.717, 1.165) is 5.69 Å². The SMILES string of the molecule is Cc1cc(N2CCC(C)(C)S(=O)(=O)CC2)c(Br)cc1[N+](=O)[O-]. The number of halogens is 1. The summed E-state index contributed by atoms with van der Waals surface area (Å²) in [4.78, 5) is 12.5. The lowest BCUT2D eigenvalue weighted by molar-refractivity contribution is -0.385. The van der Waals surface area contributed by atoms with Crippen LogP contribution in [-0.2, 0) is 9.84 Å². The van der Waals surface area contributed by atoms with Crippen LogP contribution >= 0.6 is 15.9 Å². The molecule has 0 aromatic heterocycles. The minimum Gasteiger partial charge on any atom is -0.370 e. The average Bonchev–Trinajstić information content (AvgIpc) is 2.50. The standard InChI is InChI=1S/C14H19BrN2O4S/c1-10-8-13(11(15)9-12(10)17(18)19)16-5-4-14(2,3)22(20,21)7-6-16/h8-9H,4-7H2,1-3H3. The second kappa shape index (κ2) is 5.81. The summed E-state index contributed by atoms with van der Waals surface area (Å²) in [5.74, 6) is 0.0858. The fourth-order valence-electron chi connectivity index (χ4n) is 2.51. The molecule has 0 aliphatic carbocycles. The van der Waals surface area contributed by atoms with Crippen LogP contribution in [0.25, 0.3) is 0 Å². The number of nitro benzene ring substituents is 1. The largest absolute Gasteiger partial charge is 0.370 e. The number of anilines is 1. The zero-order valence-electron chi connectivity index (χ0n) is 12.8. The highest BCUT2D eigenvalue weighted by Crippen LogP contribution is 2.35. The summed E-state index contributed by atoms with van der Waals surface area (Å²) >= 11 is 3.37. The lowest BCUT2D eigenvalue weighted by Crippen LogP contribution is -2.33. The topological polar surface area (TPSA) is 80.5 Å². The lowest BCUT2D eigenvalue weighted by atomic mass is 10.1. The molecule has 1 fully saturated rings. The van der Waals surface area contributed by atoms with Gasteiger partial charge in [0.1, 0.15) is 0 Å². The second-order valence-electron chi connectivity index (χ2n) is 6.16. The zero-order chi connectivity index (χ0) is 16.7. The summed E-state index contributed by atoms with van der Waals surface area (Å²) < 4.78 is 24.4. The second-order valence-corrected chi connectivity index (χ2v) is 9.76. The molecule has 1 heterocycles. The molecule has 1 aliphatic rings. The fourth-order valence-corrected chi connectivity index (χ4v) is 4.51. The van der Waals surface area contributed by atoms with Crippen molar-refractivity contribution in [3.05, 3.63) is 32.3 Å². The van der Waals surface area contributed by atoms with Crippen LogP contribution in [-0.4, -0.2) is 36.9 Å². The molecule has 1 aliphatic heterocycles. The Bertz CT molecular complexity index is 716. The van der Waals surface area contributed by atoms with Crippen molar-refractivity contribution in [1.29, 1.82) is 0 Å². The highest BCUT2D eigenvalue weighted by Gasteiger charge is 2.37. The van der Waals surface area contributed by atoms with E-state index in [-0.39, 0.29) is 11.4 Å². The van der Waals surface area contributed by atoms with Crippen LogP contribution in [0, 0.1) is 17.0 Å². The Morgan fingerprint density at radius 3 is 2.55 bits per heavy atom. The molecule has 0 amide bonds. The van der Waals surface area contributed by atoms with Crippen molar-refractivity contribution < 1.29 is 13.3 Å². The summed E-state index contributed by atoms with van der Waals surface area (Å²) in [6.07, 6.45) is 0.526. The van der Waals surface area contributed by atoms with Gasteiger partial charge in [-0.15, -0.1) is 0 Å². The maximum absolute atomic E-state index is 12.3. The Hall–Kier alpha value is -1.15. The first kappa shape index (κ1) is 17.2. The van der Waals surface area contributed by atoms with E-state index in [9.17, 15) is 18.5 Å². The highest BCUT2D eigenvalue weighted by molar-refractivity contribution is 9.10. The van der Waals surface area contributed by atoms with Gasteiger partial charge in [0.25, 0.3) is 5.69 Å². The lowest BCUT2D eigenvalue weighted by Gasteiger charge is -2.25. The molecule has 2 rings (SSSR count). The predicted molar refractivity (Wildman–Crippen MR) is 90.2 cm³/mol. The van der Waals surface area contributed by atoms with Crippen LogP contribution in [0.2, 0.25) is 0 Å². The maximum atomic E-state index is 12.3. The van der Waals surface area contributed by atoms with Crippen LogP contribution in [0.5, 0.6) is 0 Å². The number of nitro groups is 1. The van der Waals surface area contributed by atoms with E-state index >= 15 is 0 Å². The van der Waals surface area contributed by atoms with Gasteiger partial charge in [0.15, 0.2) is 9.84 Å². The molecule has 1 aromatic carbocycles. The van der Waals surface area contributed by atoms with Crippen molar-refractivity contribution in [3.63, 3.8) is 0 Å². The van der Waals surface area contributed by atoms with Gasteiger partial charge in [0, 0.05) is 29.2 Å². The normalized spacial score (nSPS) is 20.5. The summed E-state index contributed by atoms with van der Waals surface area (Å²) in [6.45, 7) is 6.18. The molecule has 0 radical (unpaired) electrons. The van der Waals surface area contributed by atoms with Crippen LogP contribution in [0.1, 0.15) is 25.8 Å². The molecular weight excluding hydrogens is 372 g/mol. The summed E-state index contributed by atoms with van der Waals surface area (Å²) in [5.41, 5.74) is 1.42. The van der Waals surface area contributed by atoms with Gasteiger partial charge < -0.3 is 4.90 Å². The third-order valence-electron chi connectivity index (χ3n) is 4.26. The Labute approximate surface area is 138 Å². The van der Waals surface area contributed by atoms with E-state index in [0.29, 0.717) is 29.5 Å². The number of benzene rings is 1. The molecular formula is C14H19BrN2O4S. The van der Waals surface area contributed by atoms with Gasteiger partial charge in [-0.05, 0) is 49.2 Å². The van der Waals surface area contributed by atoms with Crippen LogP contribution in [0.3, 0.4) is 0 Å². The highest BCUT2D eigenvalue weighted by atomic mass is 79.9. The molecule has 1 aromatic rings. The fraction of sp³-hybridized carbons (Fsp3) is 0.571. The molecule has 0 bridgehead atoms. The first-order chi connectivity index (χ1) is 10.0. The van der Waals surface area contributed by atoms with Gasteiger partial charge in [0.05, 0.1) is 21.1 Å². The number of nitrogens with zero attached hydrogens (tertiary/aromatic N) is 2. The Morgan fingerprint density at radius 1 is 1.32 bits per heavy atom. The molecule has 0 N–H and O–H groups in total. The van der Waals surface area contributed by atoms with E-state index in [4.69, 9.17) is 0 Å². The third-order valence-corrected chi connectivity index (χ3v) is 7.50. The Morgan fingerprint density at radius 2 is 1.95 bits per heavy atom. The first-order valence-electron chi connectivity index (χ1n) is 6.97. The zero-order valence-corrected chi connectivity index (χ0v) is 15.2. The molecule has 22 heavy (non-hydrogen) atoms. The van der Waals surface area contributed by atoms with E-state index in [1.807, 2.05) is 4.90 Å². The van der Waals surface area contributed by atoms with Crippen molar-refractivity contribution in [2.24, 2.45) is 0 Å². The van der Waals surface area contributed by atoms with Crippen LogP contribution < -0.4 is 4.90 Å². The smallest absolute Gasteiger partial charge is 0.273 e. The molecule has 8 heteroatoms. The number of hydrogen-bond donors (Lipinski definition) is 0. The third kappa shape index (κ3) is 3.12.